The van der Waals surface area contributed by atoms with Crippen molar-refractivity contribution in [3.63, 3.8) is 0 Å². The van der Waals surface area contributed by atoms with Gasteiger partial charge < -0.3 is 29.6 Å². The van der Waals surface area contributed by atoms with Crippen molar-refractivity contribution in [3.05, 3.63) is 98.1 Å². The largest absolute Gasteiger partial charge is 0.493 e. The lowest BCUT2D eigenvalue weighted by Crippen LogP contribution is -2.45. The molecule has 0 fully saturated rings. The predicted octanol–water partition coefficient (Wildman–Crippen LogP) is 5.58. The number of nitrogens with one attached hydrogen (secondary N) is 3. The van der Waals surface area contributed by atoms with Gasteiger partial charge in [-0.25, -0.2) is 10.2 Å². The summed E-state index contributed by atoms with van der Waals surface area (Å²) >= 11 is 15.1. The first-order valence-electron chi connectivity index (χ1n) is 13.4. The average Bonchev–Trinajstić information content (AvgIpc) is 3.00. The van der Waals surface area contributed by atoms with Crippen molar-refractivity contribution >= 4 is 63.0 Å². The van der Waals surface area contributed by atoms with Crippen molar-refractivity contribution in [2.24, 2.45) is 5.10 Å². The van der Waals surface area contributed by atoms with E-state index in [9.17, 15) is 9.59 Å². The zero-order valence-electron chi connectivity index (χ0n) is 24.1. The molecule has 0 aromatic heterocycles. The number of para-hydroxylation sites is 1. The summed E-state index contributed by atoms with van der Waals surface area (Å²) in [5.74, 6) is 0.387. The molecule has 13 heteroatoms. The maximum Gasteiger partial charge on any atom is 0.338 e. The van der Waals surface area contributed by atoms with Crippen LogP contribution in [0.3, 0.4) is 0 Å². The number of rotatable bonds is 12. The Morgan fingerprint density at radius 3 is 2.61 bits per heavy atom. The average molecular weight is 702 g/mol. The Labute approximate surface area is 273 Å². The van der Waals surface area contributed by atoms with Gasteiger partial charge >= 0.3 is 5.97 Å². The van der Waals surface area contributed by atoms with E-state index in [4.69, 9.17) is 42.8 Å². The Bertz CT molecular complexity index is 1620. The van der Waals surface area contributed by atoms with Crippen LogP contribution in [0.2, 0.25) is 5.02 Å². The smallest absolute Gasteiger partial charge is 0.338 e. The number of halogens is 2. The molecule has 0 bridgehead atoms. The Kier molecular flexibility index (Phi) is 11.6. The molecular formula is C31H30BrClN4O6S. The fourth-order valence-electron chi connectivity index (χ4n) is 4.33. The lowest BCUT2D eigenvalue weighted by Gasteiger charge is -2.30. The van der Waals surface area contributed by atoms with E-state index in [1.807, 2.05) is 18.2 Å². The van der Waals surface area contributed by atoms with Crippen molar-refractivity contribution in [2.75, 3.05) is 20.3 Å². The summed E-state index contributed by atoms with van der Waals surface area (Å²) in [7, 11) is 1.53. The Hall–Kier alpha value is -4.13. The van der Waals surface area contributed by atoms with Gasteiger partial charge in [-0.15, -0.1) is 0 Å². The van der Waals surface area contributed by atoms with Gasteiger partial charge in [0.05, 0.1) is 36.0 Å². The molecule has 3 aromatic carbocycles. The second-order valence-electron chi connectivity index (χ2n) is 9.32. The molecule has 3 aromatic rings. The van der Waals surface area contributed by atoms with Gasteiger partial charge in [-0.05, 0) is 71.8 Å². The maximum absolute atomic E-state index is 12.7. The minimum atomic E-state index is -0.634. The summed E-state index contributed by atoms with van der Waals surface area (Å²) in [6.45, 7) is 3.62. The quantitative estimate of drug-likeness (QED) is 0.0964. The van der Waals surface area contributed by atoms with Crippen molar-refractivity contribution in [1.82, 2.24) is 16.1 Å². The third-order valence-corrected chi connectivity index (χ3v) is 7.52. The molecule has 1 aliphatic rings. The van der Waals surface area contributed by atoms with Crippen molar-refractivity contribution in [3.8, 4) is 17.2 Å². The fourth-order valence-corrected chi connectivity index (χ4v) is 5.37. The fraction of sp³-hybridized carbons (Fsp3) is 0.226. The molecule has 0 unspecified atom stereocenters. The molecule has 4 rings (SSSR count). The number of allylic oxidation sites excluding steroid dienone is 1. The summed E-state index contributed by atoms with van der Waals surface area (Å²) < 4.78 is 23.2. The van der Waals surface area contributed by atoms with E-state index in [1.54, 1.807) is 56.3 Å². The van der Waals surface area contributed by atoms with Crippen LogP contribution in [0, 0.1) is 0 Å². The first-order chi connectivity index (χ1) is 21.2. The van der Waals surface area contributed by atoms with E-state index in [0.29, 0.717) is 54.3 Å². The summed E-state index contributed by atoms with van der Waals surface area (Å²) in [6.07, 6.45) is 1.47. The number of nitrogens with zero attached hydrogens (tertiary/aromatic N) is 1. The third kappa shape index (κ3) is 8.28. The number of amides is 1. The molecule has 0 aliphatic carbocycles. The number of methoxy groups -OCH3 is 1. The molecule has 3 N–H and O–H groups in total. The number of hydrazone groups is 1. The molecule has 0 spiro atoms. The first kappa shape index (κ1) is 32.8. The Balaban J connectivity index is 1.40. The van der Waals surface area contributed by atoms with E-state index < -0.39 is 17.9 Å². The van der Waals surface area contributed by atoms with E-state index in [2.05, 4.69) is 37.1 Å². The van der Waals surface area contributed by atoms with Gasteiger partial charge in [0.1, 0.15) is 12.4 Å². The van der Waals surface area contributed by atoms with Crippen LogP contribution >= 0.6 is 39.7 Å². The van der Waals surface area contributed by atoms with Crippen molar-refractivity contribution in [2.45, 2.75) is 26.5 Å². The molecule has 0 saturated carbocycles. The molecule has 1 heterocycles. The molecular weight excluding hydrogens is 672 g/mol. The molecule has 44 heavy (non-hydrogen) atoms. The zero-order valence-corrected chi connectivity index (χ0v) is 27.3. The summed E-state index contributed by atoms with van der Waals surface area (Å²) in [5, 5.41) is 11.1. The Morgan fingerprint density at radius 2 is 1.86 bits per heavy atom. The summed E-state index contributed by atoms with van der Waals surface area (Å²) in [4.78, 5) is 25.4. The van der Waals surface area contributed by atoms with Gasteiger partial charge in [0.25, 0.3) is 5.91 Å². The van der Waals surface area contributed by atoms with Crippen LogP contribution in [0.15, 0.2) is 81.5 Å². The maximum atomic E-state index is 12.7. The van der Waals surface area contributed by atoms with Crippen LogP contribution in [0.1, 0.15) is 36.6 Å². The van der Waals surface area contributed by atoms with Crippen LogP contribution in [-0.4, -0.2) is 43.5 Å². The number of esters is 1. The van der Waals surface area contributed by atoms with Gasteiger partial charge in [-0.2, -0.15) is 5.10 Å². The van der Waals surface area contributed by atoms with Gasteiger partial charge in [-0.3, -0.25) is 4.79 Å². The first-order valence-corrected chi connectivity index (χ1v) is 15.0. The van der Waals surface area contributed by atoms with Crippen molar-refractivity contribution in [1.29, 1.82) is 0 Å². The van der Waals surface area contributed by atoms with E-state index in [1.165, 1.54) is 13.3 Å². The SMILES string of the molecule is CCOC(=O)C1=C(C)NC(=S)N[C@@H]1c1ccccc1OCC(=O)NN=Cc1cc(Br)c(OCc2ccccc2Cl)c(OC)c1. The minimum absolute atomic E-state index is 0.219. The molecule has 230 valence electrons. The number of ether oxygens (including phenoxy) is 4. The van der Waals surface area contributed by atoms with Crippen LogP contribution in [0.25, 0.3) is 0 Å². The topological polar surface area (TPSA) is 120 Å². The molecule has 10 nitrogen and oxygen atoms in total. The molecule has 1 aliphatic heterocycles. The lowest BCUT2D eigenvalue weighted by molar-refractivity contribution is -0.139. The minimum Gasteiger partial charge on any atom is -0.493 e. The van der Waals surface area contributed by atoms with Crippen LogP contribution in [0.5, 0.6) is 17.2 Å². The lowest BCUT2D eigenvalue weighted by atomic mass is 9.95. The number of carbonyl (C=O) groups excluding carboxylic acids is 2. The van der Waals surface area contributed by atoms with Gasteiger partial charge in [0.15, 0.2) is 23.2 Å². The summed E-state index contributed by atoms with van der Waals surface area (Å²) in [6, 6.07) is 17.3. The van der Waals surface area contributed by atoms with Crippen LogP contribution in [-0.2, 0) is 20.9 Å². The second-order valence-corrected chi connectivity index (χ2v) is 11.0. The summed E-state index contributed by atoms with van der Waals surface area (Å²) in [5.41, 5.74) is 5.49. The normalized spacial score (nSPS) is 14.5. The predicted molar refractivity (Wildman–Crippen MR) is 175 cm³/mol. The zero-order chi connectivity index (χ0) is 31.6. The monoisotopic (exact) mass is 700 g/mol. The van der Waals surface area contributed by atoms with Crippen LogP contribution < -0.4 is 30.3 Å². The van der Waals surface area contributed by atoms with Gasteiger partial charge in [-0.1, -0.05) is 48.0 Å². The number of thiocarbonyl (C=S) groups is 1. The van der Waals surface area contributed by atoms with Crippen LogP contribution in [0.4, 0.5) is 0 Å². The third-order valence-electron chi connectivity index (χ3n) is 6.34. The van der Waals surface area contributed by atoms with Gasteiger partial charge in [0, 0.05) is 21.8 Å². The Morgan fingerprint density at radius 1 is 1.11 bits per heavy atom. The number of benzene rings is 3. The van der Waals surface area contributed by atoms with E-state index in [-0.39, 0.29) is 19.8 Å². The van der Waals surface area contributed by atoms with Crippen molar-refractivity contribution < 1.29 is 28.5 Å². The second kappa shape index (κ2) is 15.6. The highest BCUT2D eigenvalue weighted by Gasteiger charge is 2.32. The molecule has 0 saturated heterocycles. The highest BCUT2D eigenvalue weighted by atomic mass is 79.9. The highest BCUT2D eigenvalue weighted by molar-refractivity contribution is 9.10. The molecule has 1 atom stereocenters. The number of hydrogen-bond donors (Lipinski definition) is 3. The number of hydrogen-bond acceptors (Lipinski definition) is 8. The highest BCUT2D eigenvalue weighted by Crippen LogP contribution is 2.37. The van der Waals surface area contributed by atoms with E-state index >= 15 is 0 Å². The van der Waals surface area contributed by atoms with E-state index in [0.717, 1.165) is 5.56 Å². The van der Waals surface area contributed by atoms with Gasteiger partial charge in [0.2, 0.25) is 0 Å². The standard InChI is InChI=1S/C31H30BrClN4O6S/c1-4-41-30(39)27-18(2)35-31(44)36-28(27)21-10-6-8-12-24(21)42-17-26(38)37-34-15-19-13-22(32)29(25(14-19)40-3)43-16-20-9-5-7-11-23(20)33/h5-15,28H,4,16-17H2,1-3H3,(H,37,38)(H2,35,36,44)/t28-/m1/s1. The molecule has 1 amide bonds. The number of carbonyl (C=O) groups is 2. The molecule has 0 radical (unpaired) electrons.